The van der Waals surface area contributed by atoms with E-state index in [0.717, 1.165) is 42.6 Å². The van der Waals surface area contributed by atoms with Crippen molar-refractivity contribution in [1.82, 2.24) is 19.5 Å². The number of aromatic nitrogens is 1. The molecule has 5 rings (SSSR count). The molecular formula is C31H39IN4O3S. The lowest BCUT2D eigenvalue weighted by molar-refractivity contribution is -0.123. The molecule has 2 N–H and O–H groups in total. The van der Waals surface area contributed by atoms with Crippen molar-refractivity contribution in [2.24, 2.45) is 0 Å². The van der Waals surface area contributed by atoms with Crippen molar-refractivity contribution in [3.8, 4) is 0 Å². The minimum absolute atomic E-state index is 0.0298. The van der Waals surface area contributed by atoms with E-state index >= 15 is 0 Å². The number of aryl methyl sites for hydroxylation is 2. The van der Waals surface area contributed by atoms with Crippen LogP contribution in [0.25, 0.3) is 0 Å². The lowest BCUT2D eigenvalue weighted by Crippen LogP contribution is -2.53. The van der Waals surface area contributed by atoms with Gasteiger partial charge in [0.05, 0.1) is 17.4 Å². The third kappa shape index (κ3) is 6.03. The number of carbonyl (C=O) groups excluding carboxylic acids is 1. The van der Waals surface area contributed by atoms with E-state index in [-0.39, 0.29) is 28.8 Å². The second kappa shape index (κ2) is 11.2. The van der Waals surface area contributed by atoms with Crippen molar-refractivity contribution >= 4 is 38.5 Å². The van der Waals surface area contributed by atoms with E-state index in [1.165, 1.54) is 15.4 Å². The van der Waals surface area contributed by atoms with Gasteiger partial charge in [-0.3, -0.25) is 4.79 Å². The summed E-state index contributed by atoms with van der Waals surface area (Å²) in [5.41, 5.74) is 5.55. The maximum absolute atomic E-state index is 13.9. The summed E-state index contributed by atoms with van der Waals surface area (Å²) in [5, 5.41) is 6.82. The van der Waals surface area contributed by atoms with Gasteiger partial charge in [-0.1, -0.05) is 58.5 Å². The number of hydrogen-bond acceptors (Lipinski definition) is 4. The molecule has 2 heterocycles. The summed E-state index contributed by atoms with van der Waals surface area (Å²) in [6.07, 6.45) is 4.86. The zero-order valence-electron chi connectivity index (χ0n) is 23.7. The number of benzene rings is 2. The van der Waals surface area contributed by atoms with Gasteiger partial charge in [0.15, 0.2) is 0 Å². The summed E-state index contributed by atoms with van der Waals surface area (Å²) in [5.74, 6) is -0.149. The maximum atomic E-state index is 13.9. The zero-order chi connectivity index (χ0) is 28.7. The highest BCUT2D eigenvalue weighted by molar-refractivity contribution is 14.1. The summed E-state index contributed by atoms with van der Waals surface area (Å²) in [6, 6.07) is 17.3. The number of amides is 1. The topological polar surface area (TPSA) is 83.4 Å². The number of halogens is 1. The van der Waals surface area contributed by atoms with Crippen LogP contribution in [0.1, 0.15) is 74.0 Å². The first kappa shape index (κ1) is 29.3. The van der Waals surface area contributed by atoms with Crippen LogP contribution in [0.4, 0.5) is 0 Å². The van der Waals surface area contributed by atoms with Crippen LogP contribution >= 0.6 is 22.6 Å². The zero-order valence-corrected chi connectivity index (χ0v) is 26.7. The van der Waals surface area contributed by atoms with Crippen LogP contribution in [0.5, 0.6) is 0 Å². The maximum Gasteiger partial charge on any atom is 0.244 e. The van der Waals surface area contributed by atoms with Crippen LogP contribution in [0.3, 0.4) is 0 Å². The molecule has 0 spiro atoms. The molecule has 1 unspecified atom stereocenters. The molecule has 1 aliphatic heterocycles. The second-order valence-electron chi connectivity index (χ2n) is 12.1. The average molecular weight is 675 g/mol. The van der Waals surface area contributed by atoms with Crippen molar-refractivity contribution in [3.63, 3.8) is 0 Å². The molecule has 1 amide bonds. The van der Waals surface area contributed by atoms with E-state index < -0.39 is 13.6 Å². The Bertz CT molecular complexity index is 1490. The highest BCUT2D eigenvalue weighted by Crippen LogP contribution is 2.45. The number of alkyl halides is 1. The monoisotopic (exact) mass is 674 g/mol. The van der Waals surface area contributed by atoms with E-state index in [1.807, 2.05) is 37.4 Å². The molecule has 0 radical (unpaired) electrons. The van der Waals surface area contributed by atoms with Gasteiger partial charge >= 0.3 is 0 Å². The second-order valence-corrected chi connectivity index (χ2v) is 15.7. The number of sulfonamides is 1. The van der Waals surface area contributed by atoms with Gasteiger partial charge in [-0.2, -0.15) is 4.31 Å². The summed E-state index contributed by atoms with van der Waals surface area (Å²) >= 11 is 2.19. The largest absolute Gasteiger partial charge is 0.349 e. The third-order valence-corrected chi connectivity index (χ3v) is 11.6. The molecule has 0 bridgehead atoms. The number of nitrogens with one attached hydrogen (secondary N) is 2. The Morgan fingerprint density at radius 1 is 1.10 bits per heavy atom. The van der Waals surface area contributed by atoms with Crippen molar-refractivity contribution in [2.75, 3.05) is 6.54 Å². The van der Waals surface area contributed by atoms with Crippen LogP contribution in [-0.2, 0) is 37.9 Å². The predicted molar refractivity (Wildman–Crippen MR) is 167 cm³/mol. The lowest BCUT2D eigenvalue weighted by Gasteiger charge is -2.43. The minimum atomic E-state index is -3.83. The molecule has 2 aliphatic rings. The van der Waals surface area contributed by atoms with Gasteiger partial charge in [-0.25, -0.2) is 8.42 Å². The Hall–Kier alpha value is -2.21. The molecule has 214 valence electrons. The van der Waals surface area contributed by atoms with E-state index in [0.29, 0.717) is 13.1 Å². The van der Waals surface area contributed by atoms with Crippen LogP contribution in [0.15, 0.2) is 65.7 Å². The van der Waals surface area contributed by atoms with Gasteiger partial charge in [-0.05, 0) is 87.9 Å². The lowest BCUT2D eigenvalue weighted by atomic mass is 9.86. The molecule has 7 nitrogen and oxygen atoms in total. The molecule has 9 heteroatoms. The van der Waals surface area contributed by atoms with Crippen molar-refractivity contribution in [1.29, 1.82) is 0 Å². The molecule has 3 aromatic rings. The molecule has 0 saturated carbocycles. The SMILES string of the molecule is Cc1ccc(S(=O)(=O)N2CCn3cccc3C2(I)CC(=O)N[C@@H]2CCCc3cc(CNC(C)(C)C)ccc32)cc1. The number of carbonyl (C=O) groups is 1. The summed E-state index contributed by atoms with van der Waals surface area (Å²) in [6.45, 7) is 10.1. The van der Waals surface area contributed by atoms with Crippen LogP contribution in [0, 0.1) is 6.92 Å². The Kier molecular flexibility index (Phi) is 8.22. The fourth-order valence-electron chi connectivity index (χ4n) is 5.74. The first-order valence-corrected chi connectivity index (χ1v) is 16.5. The smallest absolute Gasteiger partial charge is 0.244 e. The number of rotatable bonds is 7. The molecule has 2 aromatic carbocycles. The Balaban J connectivity index is 1.38. The van der Waals surface area contributed by atoms with Crippen LogP contribution < -0.4 is 10.6 Å². The van der Waals surface area contributed by atoms with Gasteiger partial charge in [-0.15, -0.1) is 0 Å². The van der Waals surface area contributed by atoms with Crippen LogP contribution in [-0.4, -0.2) is 35.3 Å². The molecular weight excluding hydrogens is 635 g/mol. The standard InChI is InChI=1S/C31H39IN4O3S/c1-22-10-13-25(14-11-22)40(38,39)36-18-17-35-16-6-9-28(35)31(36,32)20-29(37)34-27-8-5-7-24-19-23(12-15-26(24)27)21-33-30(2,3)4/h6,9-16,19,27,33H,5,7-8,17-18,20-21H2,1-4H3,(H,34,37)/t27-,31?/m1/s1. The van der Waals surface area contributed by atoms with Crippen molar-refractivity contribution < 1.29 is 13.2 Å². The molecule has 2 atom stereocenters. The Morgan fingerprint density at radius 2 is 1.85 bits per heavy atom. The molecule has 1 aliphatic carbocycles. The number of fused-ring (bicyclic) bond motifs is 2. The van der Waals surface area contributed by atoms with Gasteiger partial charge in [0, 0.05) is 37.1 Å². The van der Waals surface area contributed by atoms with Gasteiger partial charge in [0.2, 0.25) is 15.9 Å². The van der Waals surface area contributed by atoms with E-state index in [4.69, 9.17) is 0 Å². The average Bonchev–Trinajstić information content (AvgIpc) is 3.38. The summed E-state index contributed by atoms with van der Waals surface area (Å²) in [4.78, 5) is 14.0. The van der Waals surface area contributed by atoms with Crippen molar-refractivity contribution in [2.45, 2.75) is 86.5 Å². The number of hydrogen-bond donors (Lipinski definition) is 2. The predicted octanol–water partition coefficient (Wildman–Crippen LogP) is 5.56. The van der Waals surface area contributed by atoms with E-state index in [2.05, 4.69) is 76.8 Å². The summed E-state index contributed by atoms with van der Waals surface area (Å²) < 4.78 is 30.3. The van der Waals surface area contributed by atoms with Gasteiger partial charge < -0.3 is 15.2 Å². The first-order valence-electron chi connectivity index (χ1n) is 14.0. The Labute approximate surface area is 251 Å². The highest BCUT2D eigenvalue weighted by Gasteiger charge is 2.49. The van der Waals surface area contributed by atoms with Crippen LogP contribution in [0.2, 0.25) is 0 Å². The first-order chi connectivity index (χ1) is 18.9. The minimum Gasteiger partial charge on any atom is -0.349 e. The van der Waals surface area contributed by atoms with Gasteiger partial charge in [0.25, 0.3) is 0 Å². The fraction of sp³-hybridized carbons (Fsp3) is 0.452. The fourth-order valence-corrected chi connectivity index (χ4v) is 9.19. The van der Waals surface area contributed by atoms with E-state index in [9.17, 15) is 13.2 Å². The summed E-state index contributed by atoms with van der Waals surface area (Å²) in [7, 11) is -3.83. The van der Waals surface area contributed by atoms with E-state index in [1.54, 1.807) is 12.1 Å². The molecule has 1 aromatic heterocycles. The van der Waals surface area contributed by atoms with Gasteiger partial charge in [0.1, 0.15) is 3.55 Å². The third-order valence-electron chi connectivity index (χ3n) is 7.84. The molecule has 0 saturated heterocycles. The Morgan fingerprint density at radius 3 is 2.58 bits per heavy atom. The highest BCUT2D eigenvalue weighted by atomic mass is 127. The normalized spacial score (nSPS) is 21.5. The molecule has 0 fully saturated rings. The molecule has 40 heavy (non-hydrogen) atoms. The quantitative estimate of drug-likeness (QED) is 0.196. The number of nitrogens with zero attached hydrogens (tertiary/aromatic N) is 2. The van der Waals surface area contributed by atoms with Crippen molar-refractivity contribution in [3.05, 3.63) is 88.7 Å².